The maximum Gasteiger partial charge on any atom is 0.173 e. The highest BCUT2D eigenvalue weighted by Gasteiger charge is 2.33. The van der Waals surface area contributed by atoms with Gasteiger partial charge < -0.3 is 4.74 Å². The van der Waals surface area contributed by atoms with Crippen molar-refractivity contribution in [2.75, 3.05) is 13.7 Å². The molecule has 0 spiro atoms. The molecule has 0 fully saturated rings. The Labute approximate surface area is 163 Å². The summed E-state index contributed by atoms with van der Waals surface area (Å²) >= 11 is 1.86. The zero-order valence-electron chi connectivity index (χ0n) is 16.2. The number of benzene rings is 1. The monoisotopic (exact) mass is 383 g/mol. The van der Waals surface area contributed by atoms with E-state index in [4.69, 9.17) is 4.74 Å². The highest BCUT2D eigenvalue weighted by molar-refractivity contribution is 7.10. The Balaban J connectivity index is 1.77. The highest BCUT2D eigenvalue weighted by atomic mass is 32.1. The molecular weight excluding hydrogens is 358 g/mol. The summed E-state index contributed by atoms with van der Waals surface area (Å²) in [5.41, 5.74) is 2.40. The summed E-state index contributed by atoms with van der Waals surface area (Å²) in [6.45, 7) is 8.29. The summed E-state index contributed by atoms with van der Waals surface area (Å²) in [6.07, 6.45) is 1.07. The van der Waals surface area contributed by atoms with Gasteiger partial charge in [-0.25, -0.2) is 4.68 Å². The maximum absolute atomic E-state index is 5.34. The van der Waals surface area contributed by atoms with E-state index in [0.717, 1.165) is 31.1 Å². The molecule has 27 heavy (non-hydrogen) atoms. The van der Waals surface area contributed by atoms with Gasteiger partial charge in [-0.05, 0) is 72.3 Å². The van der Waals surface area contributed by atoms with Crippen LogP contribution in [0.25, 0.3) is 0 Å². The van der Waals surface area contributed by atoms with Crippen LogP contribution < -0.4 is 4.74 Å². The number of aromatic nitrogens is 4. The lowest BCUT2D eigenvalue weighted by Gasteiger charge is -2.35. The lowest BCUT2D eigenvalue weighted by atomic mass is 9.99. The second-order valence-electron chi connectivity index (χ2n) is 7.88. The molecular formula is C20H25N5OS. The minimum absolute atomic E-state index is 0.00168. The van der Waals surface area contributed by atoms with Crippen LogP contribution in [0.1, 0.15) is 48.6 Å². The standard InChI is InChI=1S/C20H25N5OS/c1-20(2,3)25-19(21-22-23-25)18(14-5-7-16(26-4)8-6-14)24-11-9-17-15(13-24)10-12-27-17/h5-8,10,12,18H,9,11,13H2,1-4H3. The van der Waals surface area contributed by atoms with E-state index in [1.165, 1.54) is 16.0 Å². The molecule has 0 N–H and O–H groups in total. The third kappa shape index (κ3) is 3.49. The Hall–Kier alpha value is -2.25. The molecule has 4 rings (SSSR count). The molecule has 7 heteroatoms. The Morgan fingerprint density at radius 1 is 1.15 bits per heavy atom. The van der Waals surface area contributed by atoms with Crippen molar-refractivity contribution < 1.29 is 4.74 Å². The van der Waals surface area contributed by atoms with E-state index in [-0.39, 0.29) is 11.6 Å². The van der Waals surface area contributed by atoms with Gasteiger partial charge >= 0.3 is 0 Å². The molecule has 0 aliphatic carbocycles. The van der Waals surface area contributed by atoms with Gasteiger partial charge in [0, 0.05) is 18.0 Å². The molecule has 0 saturated carbocycles. The third-order valence-electron chi connectivity index (χ3n) is 5.01. The molecule has 2 aromatic heterocycles. The molecule has 1 unspecified atom stereocenters. The van der Waals surface area contributed by atoms with Crippen LogP contribution in [0.4, 0.5) is 0 Å². The molecule has 0 saturated heterocycles. The molecule has 1 aliphatic rings. The summed E-state index contributed by atoms with van der Waals surface area (Å²) in [5.74, 6) is 1.73. The number of fused-ring (bicyclic) bond motifs is 1. The summed E-state index contributed by atoms with van der Waals surface area (Å²) in [6, 6.07) is 10.5. The molecule has 0 bridgehead atoms. The van der Waals surface area contributed by atoms with Gasteiger partial charge in [0.25, 0.3) is 0 Å². The van der Waals surface area contributed by atoms with Gasteiger partial charge in [0.2, 0.25) is 0 Å². The van der Waals surface area contributed by atoms with Gasteiger partial charge in [0.15, 0.2) is 5.82 Å². The van der Waals surface area contributed by atoms with E-state index < -0.39 is 0 Å². The topological polar surface area (TPSA) is 56.1 Å². The molecule has 142 valence electrons. The Kier molecular flexibility index (Phi) is 4.74. The van der Waals surface area contributed by atoms with E-state index in [9.17, 15) is 0 Å². The summed E-state index contributed by atoms with van der Waals surface area (Å²) < 4.78 is 7.29. The van der Waals surface area contributed by atoms with Gasteiger partial charge in [-0.3, -0.25) is 4.90 Å². The lowest BCUT2D eigenvalue weighted by molar-refractivity contribution is 0.187. The van der Waals surface area contributed by atoms with E-state index >= 15 is 0 Å². The Bertz CT molecular complexity index is 909. The Morgan fingerprint density at radius 2 is 1.93 bits per heavy atom. The van der Waals surface area contributed by atoms with Crippen LogP contribution in [0.15, 0.2) is 35.7 Å². The number of thiophene rings is 1. The maximum atomic E-state index is 5.34. The second-order valence-corrected chi connectivity index (χ2v) is 8.89. The normalized spacial score (nSPS) is 16.1. The van der Waals surface area contributed by atoms with E-state index in [2.05, 4.69) is 64.8 Å². The first kappa shape index (κ1) is 18.1. The number of tetrazole rings is 1. The number of methoxy groups -OCH3 is 1. The van der Waals surface area contributed by atoms with Crippen LogP contribution in [-0.4, -0.2) is 38.8 Å². The minimum Gasteiger partial charge on any atom is -0.497 e. The van der Waals surface area contributed by atoms with E-state index in [0.29, 0.717) is 0 Å². The van der Waals surface area contributed by atoms with Gasteiger partial charge in [-0.15, -0.1) is 16.4 Å². The van der Waals surface area contributed by atoms with Gasteiger partial charge in [0.05, 0.1) is 18.7 Å². The van der Waals surface area contributed by atoms with Crippen LogP contribution in [0.5, 0.6) is 5.75 Å². The Morgan fingerprint density at radius 3 is 2.63 bits per heavy atom. The fourth-order valence-corrected chi connectivity index (χ4v) is 4.53. The number of rotatable bonds is 4. The highest BCUT2D eigenvalue weighted by Crippen LogP contribution is 2.35. The average molecular weight is 384 g/mol. The predicted octanol–water partition coefficient (Wildman–Crippen LogP) is 3.65. The number of hydrogen-bond acceptors (Lipinski definition) is 6. The number of hydrogen-bond donors (Lipinski definition) is 0. The van der Waals surface area contributed by atoms with Crippen molar-refractivity contribution in [3.8, 4) is 5.75 Å². The van der Waals surface area contributed by atoms with Crippen molar-refractivity contribution in [3.63, 3.8) is 0 Å². The zero-order chi connectivity index (χ0) is 19.0. The SMILES string of the molecule is COc1ccc(C(c2nnnn2C(C)(C)C)N2CCc3sccc3C2)cc1. The largest absolute Gasteiger partial charge is 0.497 e. The lowest BCUT2D eigenvalue weighted by Crippen LogP contribution is -2.37. The molecule has 1 aliphatic heterocycles. The van der Waals surface area contributed by atoms with E-state index in [1.807, 2.05) is 28.2 Å². The smallest absolute Gasteiger partial charge is 0.173 e. The molecule has 6 nitrogen and oxygen atoms in total. The summed E-state index contributed by atoms with van der Waals surface area (Å²) in [7, 11) is 1.69. The average Bonchev–Trinajstić information content (AvgIpc) is 3.31. The summed E-state index contributed by atoms with van der Waals surface area (Å²) in [5, 5.41) is 15.0. The predicted molar refractivity (Wildman–Crippen MR) is 106 cm³/mol. The van der Waals surface area contributed by atoms with Crippen molar-refractivity contribution in [1.29, 1.82) is 0 Å². The van der Waals surface area contributed by atoms with Crippen LogP contribution >= 0.6 is 11.3 Å². The van der Waals surface area contributed by atoms with E-state index in [1.54, 1.807) is 7.11 Å². The van der Waals surface area contributed by atoms with Crippen molar-refractivity contribution in [2.45, 2.75) is 45.3 Å². The second kappa shape index (κ2) is 7.05. The quantitative estimate of drug-likeness (QED) is 0.688. The van der Waals surface area contributed by atoms with Crippen LogP contribution in [-0.2, 0) is 18.5 Å². The first-order valence-corrected chi connectivity index (χ1v) is 10.1. The third-order valence-corrected chi connectivity index (χ3v) is 6.03. The molecule has 3 heterocycles. The fraction of sp³-hybridized carbons (Fsp3) is 0.450. The molecule has 0 amide bonds. The molecule has 3 aromatic rings. The first-order chi connectivity index (χ1) is 13.0. The minimum atomic E-state index is -0.188. The van der Waals surface area contributed by atoms with Crippen LogP contribution in [0.3, 0.4) is 0 Å². The van der Waals surface area contributed by atoms with Crippen LogP contribution in [0.2, 0.25) is 0 Å². The zero-order valence-corrected chi connectivity index (χ0v) is 17.0. The van der Waals surface area contributed by atoms with Crippen molar-refractivity contribution in [2.24, 2.45) is 0 Å². The molecule has 1 atom stereocenters. The van der Waals surface area contributed by atoms with Crippen molar-refractivity contribution in [1.82, 2.24) is 25.1 Å². The van der Waals surface area contributed by atoms with Crippen molar-refractivity contribution >= 4 is 11.3 Å². The fourth-order valence-electron chi connectivity index (χ4n) is 3.64. The molecule has 0 radical (unpaired) electrons. The number of ether oxygens (including phenoxy) is 1. The number of nitrogens with zero attached hydrogens (tertiary/aromatic N) is 5. The van der Waals surface area contributed by atoms with Crippen LogP contribution in [0, 0.1) is 0 Å². The first-order valence-electron chi connectivity index (χ1n) is 9.19. The van der Waals surface area contributed by atoms with Crippen molar-refractivity contribution in [3.05, 3.63) is 57.5 Å². The summed E-state index contributed by atoms with van der Waals surface area (Å²) in [4.78, 5) is 3.97. The van der Waals surface area contributed by atoms with Gasteiger partial charge in [-0.1, -0.05) is 12.1 Å². The van der Waals surface area contributed by atoms with Gasteiger partial charge in [0.1, 0.15) is 5.75 Å². The molecule has 1 aromatic carbocycles. The van der Waals surface area contributed by atoms with Gasteiger partial charge in [-0.2, -0.15) is 0 Å².